The highest BCUT2D eigenvalue weighted by atomic mass is 79.9. The van der Waals surface area contributed by atoms with E-state index in [9.17, 15) is 14.9 Å². The van der Waals surface area contributed by atoms with Gasteiger partial charge in [0.1, 0.15) is 0 Å². The number of nitro groups is 1. The minimum Gasteiger partial charge on any atom is -0.325 e. The predicted octanol–water partition coefficient (Wildman–Crippen LogP) is 4.19. The van der Waals surface area contributed by atoms with E-state index in [1.807, 2.05) is 0 Å². The van der Waals surface area contributed by atoms with Gasteiger partial charge >= 0.3 is 0 Å². The minimum absolute atomic E-state index is 0.0439. The third kappa shape index (κ3) is 4.27. The Morgan fingerprint density at radius 2 is 1.90 bits per heavy atom. The number of hydrogen-bond donors (Lipinski definition) is 1. The Kier molecular flexibility index (Phi) is 4.93. The molecule has 0 aliphatic rings. The van der Waals surface area contributed by atoms with E-state index in [1.54, 1.807) is 24.3 Å². The van der Waals surface area contributed by atoms with Crippen molar-refractivity contribution in [3.63, 3.8) is 0 Å². The van der Waals surface area contributed by atoms with Gasteiger partial charge in [-0.1, -0.05) is 23.7 Å². The number of carbonyl (C=O) groups excluding carboxylic acids is 1. The van der Waals surface area contributed by atoms with E-state index >= 15 is 0 Å². The summed E-state index contributed by atoms with van der Waals surface area (Å²) < 4.78 is 0.459. The fraction of sp³-hybridized carbons (Fsp3) is 0.0714. The van der Waals surface area contributed by atoms with Gasteiger partial charge in [-0.05, 0) is 39.7 Å². The summed E-state index contributed by atoms with van der Waals surface area (Å²) in [5.74, 6) is -0.216. The maximum absolute atomic E-state index is 11.9. The molecule has 21 heavy (non-hydrogen) atoms. The van der Waals surface area contributed by atoms with Gasteiger partial charge < -0.3 is 5.32 Å². The van der Waals surface area contributed by atoms with Gasteiger partial charge in [0.15, 0.2) is 0 Å². The number of hydrogen-bond acceptors (Lipinski definition) is 3. The molecule has 5 nitrogen and oxygen atoms in total. The van der Waals surface area contributed by atoms with Crippen LogP contribution in [0.15, 0.2) is 46.9 Å². The summed E-state index contributed by atoms with van der Waals surface area (Å²) in [4.78, 5) is 22.1. The summed E-state index contributed by atoms with van der Waals surface area (Å²) in [6.07, 6.45) is 0.195. The van der Waals surface area contributed by atoms with Crippen molar-refractivity contribution in [3.8, 4) is 0 Å². The Hall–Kier alpha value is -1.92. The van der Waals surface area contributed by atoms with E-state index < -0.39 is 4.92 Å². The molecule has 0 heterocycles. The lowest BCUT2D eigenvalue weighted by Gasteiger charge is -2.07. The third-order valence-corrected chi connectivity index (χ3v) is 3.62. The smallest absolute Gasteiger partial charge is 0.270 e. The lowest BCUT2D eigenvalue weighted by molar-refractivity contribution is -0.384. The monoisotopic (exact) mass is 368 g/mol. The van der Waals surface area contributed by atoms with Crippen molar-refractivity contribution in [1.82, 2.24) is 0 Å². The topological polar surface area (TPSA) is 72.2 Å². The first kappa shape index (κ1) is 15.5. The number of benzene rings is 2. The van der Waals surface area contributed by atoms with Crippen molar-refractivity contribution in [3.05, 3.63) is 67.6 Å². The zero-order chi connectivity index (χ0) is 15.4. The van der Waals surface area contributed by atoms with Crippen LogP contribution < -0.4 is 5.32 Å². The highest BCUT2D eigenvalue weighted by molar-refractivity contribution is 9.10. The molecule has 0 aliphatic carbocycles. The van der Waals surface area contributed by atoms with Gasteiger partial charge in [-0.2, -0.15) is 0 Å². The molecule has 0 saturated carbocycles. The SMILES string of the molecule is O=C(Cc1ccc(Cl)cc1)Nc1ccc([N+](=O)[O-])cc1Br. The molecule has 2 rings (SSSR count). The van der Waals surface area contributed by atoms with Crippen LogP contribution in [0.3, 0.4) is 0 Å². The molecule has 1 amide bonds. The molecule has 1 N–H and O–H groups in total. The molecular weight excluding hydrogens is 360 g/mol. The van der Waals surface area contributed by atoms with Gasteiger partial charge in [0.05, 0.1) is 17.0 Å². The molecule has 0 fully saturated rings. The average Bonchev–Trinajstić information content (AvgIpc) is 2.43. The zero-order valence-corrected chi connectivity index (χ0v) is 13.0. The molecule has 0 spiro atoms. The summed E-state index contributed by atoms with van der Waals surface area (Å²) in [5.41, 5.74) is 1.27. The molecule has 0 saturated heterocycles. The van der Waals surface area contributed by atoms with Crippen molar-refractivity contribution in [2.24, 2.45) is 0 Å². The van der Waals surface area contributed by atoms with Crippen molar-refractivity contribution in [2.45, 2.75) is 6.42 Å². The number of nitrogens with one attached hydrogen (secondary N) is 1. The second-order valence-electron chi connectivity index (χ2n) is 4.27. The van der Waals surface area contributed by atoms with Crippen LogP contribution in [0.5, 0.6) is 0 Å². The standard InChI is InChI=1S/C14H10BrClN2O3/c15-12-8-11(18(20)21)5-6-13(12)17-14(19)7-9-1-3-10(16)4-2-9/h1-6,8H,7H2,(H,17,19). The molecule has 2 aromatic carbocycles. The predicted molar refractivity (Wildman–Crippen MR) is 84.6 cm³/mol. The first-order valence-corrected chi connectivity index (χ1v) is 7.11. The van der Waals surface area contributed by atoms with E-state index in [-0.39, 0.29) is 18.0 Å². The number of carbonyl (C=O) groups is 1. The van der Waals surface area contributed by atoms with Crippen LogP contribution in [0.2, 0.25) is 5.02 Å². The number of nitro benzene ring substituents is 1. The summed E-state index contributed by atoms with van der Waals surface area (Å²) >= 11 is 8.98. The van der Waals surface area contributed by atoms with Gasteiger partial charge in [-0.3, -0.25) is 14.9 Å². The van der Waals surface area contributed by atoms with Crippen LogP contribution >= 0.6 is 27.5 Å². The Bertz CT molecular complexity index is 689. The average molecular weight is 370 g/mol. The van der Waals surface area contributed by atoms with Crippen LogP contribution in [-0.2, 0) is 11.2 Å². The molecule has 0 radical (unpaired) electrons. The Labute approximate surface area is 134 Å². The van der Waals surface area contributed by atoms with Gasteiger partial charge in [0, 0.05) is 21.6 Å². The number of non-ortho nitro benzene ring substituents is 1. The van der Waals surface area contributed by atoms with Gasteiger partial charge in [0.25, 0.3) is 5.69 Å². The fourth-order valence-electron chi connectivity index (χ4n) is 1.70. The third-order valence-electron chi connectivity index (χ3n) is 2.72. The molecule has 0 aromatic heterocycles. The largest absolute Gasteiger partial charge is 0.325 e. The van der Waals surface area contributed by atoms with Crippen LogP contribution in [0.1, 0.15) is 5.56 Å². The Balaban J connectivity index is 2.06. The summed E-state index contributed by atoms with van der Waals surface area (Å²) in [6.45, 7) is 0. The quantitative estimate of drug-likeness (QED) is 0.648. The fourth-order valence-corrected chi connectivity index (χ4v) is 2.29. The van der Waals surface area contributed by atoms with Crippen molar-refractivity contribution in [1.29, 1.82) is 0 Å². The molecule has 0 aliphatic heterocycles. The van der Waals surface area contributed by atoms with Crippen LogP contribution in [0.25, 0.3) is 0 Å². The van der Waals surface area contributed by atoms with Gasteiger partial charge in [0.2, 0.25) is 5.91 Å². The summed E-state index contributed by atoms with van der Waals surface area (Å²) in [5, 5.41) is 13.9. The highest BCUT2D eigenvalue weighted by Gasteiger charge is 2.11. The van der Waals surface area contributed by atoms with Crippen LogP contribution in [0, 0.1) is 10.1 Å². The van der Waals surface area contributed by atoms with E-state index in [0.717, 1.165) is 5.56 Å². The molecule has 7 heteroatoms. The number of halogens is 2. The second kappa shape index (κ2) is 6.69. The van der Waals surface area contributed by atoms with E-state index in [4.69, 9.17) is 11.6 Å². The molecule has 0 unspecified atom stereocenters. The number of rotatable bonds is 4. The second-order valence-corrected chi connectivity index (χ2v) is 5.56. The maximum Gasteiger partial charge on any atom is 0.270 e. The summed E-state index contributed by atoms with van der Waals surface area (Å²) in [6, 6.07) is 11.1. The molecule has 0 bridgehead atoms. The normalized spacial score (nSPS) is 10.2. The molecule has 0 atom stereocenters. The van der Waals surface area contributed by atoms with E-state index in [1.165, 1.54) is 18.2 Å². The minimum atomic E-state index is -0.496. The highest BCUT2D eigenvalue weighted by Crippen LogP contribution is 2.27. The van der Waals surface area contributed by atoms with Crippen LogP contribution in [0.4, 0.5) is 11.4 Å². The van der Waals surface area contributed by atoms with Crippen molar-refractivity contribution >= 4 is 44.8 Å². The van der Waals surface area contributed by atoms with E-state index in [0.29, 0.717) is 15.2 Å². The van der Waals surface area contributed by atoms with Crippen LogP contribution in [-0.4, -0.2) is 10.8 Å². The van der Waals surface area contributed by atoms with Gasteiger partial charge in [-0.15, -0.1) is 0 Å². The van der Waals surface area contributed by atoms with Gasteiger partial charge in [-0.25, -0.2) is 0 Å². The molecule has 108 valence electrons. The summed E-state index contributed by atoms with van der Waals surface area (Å²) in [7, 11) is 0. The zero-order valence-electron chi connectivity index (χ0n) is 10.7. The number of anilines is 1. The molecular formula is C14H10BrClN2O3. The first-order valence-electron chi connectivity index (χ1n) is 5.94. The lowest BCUT2D eigenvalue weighted by atomic mass is 10.1. The van der Waals surface area contributed by atoms with Crippen molar-refractivity contribution < 1.29 is 9.72 Å². The maximum atomic E-state index is 11.9. The van der Waals surface area contributed by atoms with Crippen molar-refractivity contribution in [2.75, 3.05) is 5.32 Å². The Morgan fingerprint density at radius 3 is 2.48 bits per heavy atom. The Morgan fingerprint density at radius 1 is 1.24 bits per heavy atom. The van der Waals surface area contributed by atoms with E-state index in [2.05, 4.69) is 21.2 Å². The number of nitrogens with zero attached hydrogens (tertiary/aromatic N) is 1. The molecule has 2 aromatic rings. The number of amides is 1. The lowest BCUT2D eigenvalue weighted by Crippen LogP contribution is -2.14. The first-order chi connectivity index (χ1) is 9.95.